The van der Waals surface area contributed by atoms with Crippen molar-refractivity contribution in [2.45, 2.75) is 26.7 Å². The van der Waals surface area contributed by atoms with Crippen LogP contribution in [0.1, 0.15) is 30.9 Å². The summed E-state index contributed by atoms with van der Waals surface area (Å²) in [5.74, 6) is 5.37. The molecule has 0 atom stereocenters. The van der Waals surface area contributed by atoms with Crippen LogP contribution >= 0.6 is 0 Å². The number of ether oxygens (including phenoxy) is 1. The summed E-state index contributed by atoms with van der Waals surface area (Å²) in [5.41, 5.74) is 2.54. The number of rotatable bonds is 6. The van der Waals surface area contributed by atoms with Crippen LogP contribution in [-0.2, 0) is 9.53 Å². The lowest BCUT2D eigenvalue weighted by Gasteiger charge is -2.09. The molecule has 0 unspecified atom stereocenters. The smallest absolute Gasteiger partial charge is 0.226 e. The molecule has 2 N–H and O–H groups in total. The Labute approximate surface area is 120 Å². The lowest BCUT2D eigenvalue weighted by molar-refractivity contribution is -0.117. The van der Waals surface area contributed by atoms with E-state index in [0.717, 1.165) is 23.2 Å². The Morgan fingerprint density at radius 2 is 2.20 bits per heavy atom. The molecule has 1 aromatic rings. The largest absolute Gasteiger partial charge is 0.384 e. The summed E-state index contributed by atoms with van der Waals surface area (Å²) in [6.07, 6.45) is 1.31. The van der Waals surface area contributed by atoms with Crippen molar-refractivity contribution < 1.29 is 14.6 Å². The van der Waals surface area contributed by atoms with Crippen molar-refractivity contribution in [1.82, 2.24) is 0 Å². The fraction of sp³-hybridized carbons (Fsp3) is 0.438. The third kappa shape index (κ3) is 5.87. The Balaban J connectivity index is 2.53. The van der Waals surface area contributed by atoms with E-state index in [1.165, 1.54) is 0 Å². The monoisotopic (exact) mass is 275 g/mol. The highest BCUT2D eigenvalue weighted by molar-refractivity contribution is 5.91. The molecule has 4 nitrogen and oxygen atoms in total. The van der Waals surface area contributed by atoms with E-state index in [1.54, 1.807) is 0 Å². The van der Waals surface area contributed by atoms with Gasteiger partial charge in [-0.15, -0.1) is 0 Å². The number of aliphatic hydroxyl groups excluding tert-OH is 1. The summed E-state index contributed by atoms with van der Waals surface area (Å²) in [4.78, 5) is 11.7. The van der Waals surface area contributed by atoms with E-state index in [0.29, 0.717) is 19.6 Å². The van der Waals surface area contributed by atoms with Gasteiger partial charge in [0, 0.05) is 17.9 Å². The van der Waals surface area contributed by atoms with Crippen LogP contribution in [0.4, 0.5) is 5.69 Å². The third-order valence-electron chi connectivity index (χ3n) is 2.63. The van der Waals surface area contributed by atoms with Crippen LogP contribution in [0.25, 0.3) is 0 Å². The molecular weight excluding hydrogens is 254 g/mol. The minimum absolute atomic E-state index is 0.0570. The first kappa shape index (κ1) is 16.2. The van der Waals surface area contributed by atoms with Gasteiger partial charge in [-0.05, 0) is 37.1 Å². The number of aliphatic hydroxyl groups is 1. The number of aryl methyl sites for hydroxylation is 1. The van der Waals surface area contributed by atoms with Crippen LogP contribution in [-0.4, -0.2) is 30.8 Å². The highest BCUT2D eigenvalue weighted by Crippen LogP contribution is 2.16. The molecule has 0 aromatic heterocycles. The number of anilines is 1. The molecule has 1 rings (SSSR count). The maximum absolute atomic E-state index is 11.7. The number of carbonyl (C=O) groups is 1. The van der Waals surface area contributed by atoms with Gasteiger partial charge in [0.2, 0.25) is 5.91 Å². The van der Waals surface area contributed by atoms with Crippen LogP contribution in [0.3, 0.4) is 0 Å². The first-order valence-electron chi connectivity index (χ1n) is 6.75. The van der Waals surface area contributed by atoms with Gasteiger partial charge in [0.1, 0.15) is 6.61 Å². The molecule has 1 aromatic carbocycles. The van der Waals surface area contributed by atoms with E-state index in [2.05, 4.69) is 17.2 Å². The predicted octanol–water partition coefficient (Wildman–Crippen LogP) is 2.09. The van der Waals surface area contributed by atoms with Crippen molar-refractivity contribution in [2.75, 3.05) is 25.1 Å². The van der Waals surface area contributed by atoms with Crippen LogP contribution in [0.5, 0.6) is 0 Å². The third-order valence-corrected chi connectivity index (χ3v) is 2.63. The average molecular weight is 275 g/mol. The Kier molecular flexibility index (Phi) is 7.41. The van der Waals surface area contributed by atoms with Gasteiger partial charge < -0.3 is 15.2 Å². The summed E-state index contributed by atoms with van der Waals surface area (Å²) < 4.78 is 5.28. The second kappa shape index (κ2) is 9.13. The maximum atomic E-state index is 11.7. The van der Waals surface area contributed by atoms with E-state index in [4.69, 9.17) is 9.84 Å². The van der Waals surface area contributed by atoms with Crippen LogP contribution in [0.15, 0.2) is 18.2 Å². The molecule has 108 valence electrons. The molecule has 0 aliphatic carbocycles. The van der Waals surface area contributed by atoms with Gasteiger partial charge in [-0.1, -0.05) is 18.8 Å². The minimum atomic E-state index is -0.157. The first-order chi connectivity index (χ1) is 9.67. The first-order valence-corrected chi connectivity index (χ1v) is 6.75. The summed E-state index contributed by atoms with van der Waals surface area (Å²) in [5, 5.41) is 11.5. The van der Waals surface area contributed by atoms with Crippen molar-refractivity contribution in [1.29, 1.82) is 0 Å². The highest BCUT2D eigenvalue weighted by Gasteiger charge is 2.05. The Morgan fingerprint density at radius 1 is 1.40 bits per heavy atom. The molecule has 0 fully saturated rings. The van der Waals surface area contributed by atoms with Gasteiger partial charge in [-0.3, -0.25) is 4.79 Å². The van der Waals surface area contributed by atoms with Crippen LogP contribution in [0, 0.1) is 18.8 Å². The number of carbonyl (C=O) groups excluding carboxylic acids is 1. The van der Waals surface area contributed by atoms with Crippen molar-refractivity contribution in [3.8, 4) is 11.8 Å². The standard InChI is InChI=1S/C16H21NO3/c1-3-10-20-11-8-16(19)17-15-7-6-14(5-4-9-18)12-13(15)2/h6-7,12,18H,3,8-11H2,1-2H3,(H,17,19). The number of benzene rings is 1. The van der Waals surface area contributed by atoms with Gasteiger partial charge in [-0.25, -0.2) is 0 Å². The van der Waals surface area contributed by atoms with E-state index >= 15 is 0 Å². The van der Waals surface area contributed by atoms with Crippen LogP contribution < -0.4 is 5.32 Å². The second-order valence-corrected chi connectivity index (χ2v) is 4.40. The van der Waals surface area contributed by atoms with Crippen molar-refractivity contribution >= 4 is 11.6 Å². The van der Waals surface area contributed by atoms with Gasteiger partial charge in [0.05, 0.1) is 13.0 Å². The van der Waals surface area contributed by atoms with E-state index in [9.17, 15) is 4.79 Å². The molecule has 0 spiro atoms. The normalized spacial score (nSPS) is 9.75. The zero-order valence-electron chi connectivity index (χ0n) is 12.0. The molecule has 0 aliphatic heterocycles. The molecule has 0 bridgehead atoms. The molecule has 0 heterocycles. The number of hydrogen-bond donors (Lipinski definition) is 2. The molecule has 0 aliphatic rings. The van der Waals surface area contributed by atoms with E-state index < -0.39 is 0 Å². The van der Waals surface area contributed by atoms with Crippen molar-refractivity contribution in [3.05, 3.63) is 29.3 Å². The van der Waals surface area contributed by atoms with Gasteiger partial charge >= 0.3 is 0 Å². The van der Waals surface area contributed by atoms with Gasteiger partial charge in [-0.2, -0.15) is 0 Å². The average Bonchev–Trinajstić information content (AvgIpc) is 2.44. The fourth-order valence-corrected chi connectivity index (χ4v) is 1.65. The summed E-state index contributed by atoms with van der Waals surface area (Å²) in [6, 6.07) is 5.52. The van der Waals surface area contributed by atoms with Gasteiger partial charge in [0.25, 0.3) is 0 Å². The molecule has 1 amide bonds. The Hall–Kier alpha value is -1.83. The van der Waals surface area contributed by atoms with Crippen LogP contribution in [0.2, 0.25) is 0 Å². The molecule has 20 heavy (non-hydrogen) atoms. The number of amides is 1. The summed E-state index contributed by atoms with van der Waals surface area (Å²) >= 11 is 0. The lowest BCUT2D eigenvalue weighted by atomic mass is 10.1. The quantitative estimate of drug-likeness (QED) is 0.617. The molecule has 4 heteroatoms. The Morgan fingerprint density at radius 3 is 2.85 bits per heavy atom. The maximum Gasteiger partial charge on any atom is 0.226 e. The second-order valence-electron chi connectivity index (χ2n) is 4.40. The fourth-order valence-electron chi connectivity index (χ4n) is 1.65. The summed E-state index contributed by atoms with van der Waals surface area (Å²) in [6.45, 7) is 4.91. The topological polar surface area (TPSA) is 58.6 Å². The van der Waals surface area contributed by atoms with E-state index in [1.807, 2.05) is 32.0 Å². The molecule has 0 saturated carbocycles. The zero-order chi connectivity index (χ0) is 14.8. The van der Waals surface area contributed by atoms with Crippen molar-refractivity contribution in [2.24, 2.45) is 0 Å². The lowest BCUT2D eigenvalue weighted by Crippen LogP contribution is -2.15. The summed E-state index contributed by atoms with van der Waals surface area (Å²) in [7, 11) is 0. The van der Waals surface area contributed by atoms with Gasteiger partial charge in [0.15, 0.2) is 0 Å². The highest BCUT2D eigenvalue weighted by atomic mass is 16.5. The molecule has 0 saturated heterocycles. The molecule has 0 radical (unpaired) electrons. The van der Waals surface area contributed by atoms with Crippen molar-refractivity contribution in [3.63, 3.8) is 0 Å². The predicted molar refractivity (Wildman–Crippen MR) is 79.5 cm³/mol. The van der Waals surface area contributed by atoms with E-state index in [-0.39, 0.29) is 12.5 Å². The number of hydrogen-bond acceptors (Lipinski definition) is 3. The zero-order valence-corrected chi connectivity index (χ0v) is 12.0. The minimum Gasteiger partial charge on any atom is -0.384 e. The SMILES string of the molecule is CCCOCCC(=O)Nc1ccc(C#CCO)cc1C. The number of nitrogens with one attached hydrogen (secondary N) is 1. The Bertz CT molecular complexity index is 500. The molecular formula is C16H21NO3.